The van der Waals surface area contributed by atoms with Crippen molar-refractivity contribution in [2.75, 3.05) is 6.61 Å². The Bertz CT molecular complexity index is 856. The number of rotatable bonds is 4. The summed E-state index contributed by atoms with van der Waals surface area (Å²) >= 11 is 3.24. The van der Waals surface area contributed by atoms with Gasteiger partial charge in [-0.2, -0.15) is 0 Å². The standard InChI is InChI=1S/C15H17BrN4O6/c1-6-10-13(19-15(16)18-6)20(5-17-10)14-12(25-8(3)23)11(24-7(2)22)9(4-21)26-14/h5,9,11-12,14,21H,4H2,1-3H3/t9-,11?,12?,14?/m1/s1. The van der Waals surface area contributed by atoms with E-state index in [0.29, 0.717) is 21.6 Å². The molecule has 0 aliphatic carbocycles. The van der Waals surface area contributed by atoms with Gasteiger partial charge in [0.1, 0.15) is 11.6 Å². The van der Waals surface area contributed by atoms with E-state index in [1.54, 1.807) is 11.5 Å². The molecule has 11 heteroatoms. The third-order valence-electron chi connectivity index (χ3n) is 3.91. The molecule has 1 saturated heterocycles. The van der Waals surface area contributed by atoms with Gasteiger partial charge in [-0.3, -0.25) is 14.2 Å². The molecule has 26 heavy (non-hydrogen) atoms. The molecular formula is C15H17BrN4O6. The Balaban J connectivity index is 2.07. The molecule has 140 valence electrons. The summed E-state index contributed by atoms with van der Waals surface area (Å²) in [5, 5.41) is 9.60. The van der Waals surface area contributed by atoms with Crippen LogP contribution in [0.5, 0.6) is 0 Å². The smallest absolute Gasteiger partial charge is 0.303 e. The SMILES string of the molecule is CC(=O)OC1C(OC(C)=O)[C@@H](CO)OC1n1cnc2c(C)nc(Br)nc21. The molecule has 2 aromatic rings. The van der Waals surface area contributed by atoms with E-state index in [1.165, 1.54) is 20.2 Å². The van der Waals surface area contributed by atoms with Crippen molar-refractivity contribution < 1.29 is 28.9 Å². The molecule has 0 saturated carbocycles. The van der Waals surface area contributed by atoms with Gasteiger partial charge in [-0.1, -0.05) is 0 Å². The van der Waals surface area contributed by atoms with Crippen LogP contribution in [0, 0.1) is 6.92 Å². The van der Waals surface area contributed by atoms with Crippen molar-refractivity contribution >= 4 is 39.0 Å². The van der Waals surface area contributed by atoms with Crippen LogP contribution in [-0.4, -0.2) is 61.5 Å². The molecule has 0 bridgehead atoms. The summed E-state index contributed by atoms with van der Waals surface area (Å²) in [7, 11) is 0. The van der Waals surface area contributed by atoms with Crippen LogP contribution in [0.25, 0.3) is 11.2 Å². The molecule has 1 aliphatic rings. The molecule has 0 amide bonds. The Kier molecular flexibility index (Phi) is 5.21. The second-order valence-corrected chi connectivity index (χ2v) is 6.51. The van der Waals surface area contributed by atoms with Crippen molar-refractivity contribution in [3.8, 4) is 0 Å². The van der Waals surface area contributed by atoms with Gasteiger partial charge in [0.15, 0.2) is 28.8 Å². The minimum absolute atomic E-state index is 0.363. The van der Waals surface area contributed by atoms with E-state index in [4.69, 9.17) is 14.2 Å². The first-order chi connectivity index (χ1) is 12.3. The average molecular weight is 429 g/mol. The summed E-state index contributed by atoms with van der Waals surface area (Å²) in [4.78, 5) is 35.8. The van der Waals surface area contributed by atoms with Crippen LogP contribution in [0.3, 0.4) is 0 Å². The molecular weight excluding hydrogens is 412 g/mol. The average Bonchev–Trinajstić information content (AvgIpc) is 3.09. The summed E-state index contributed by atoms with van der Waals surface area (Å²) in [6, 6.07) is 0. The number of carbonyl (C=O) groups excluding carboxylic acids is 2. The third-order valence-corrected chi connectivity index (χ3v) is 4.27. The Morgan fingerprint density at radius 3 is 2.54 bits per heavy atom. The lowest BCUT2D eigenvalue weighted by Crippen LogP contribution is -2.40. The highest BCUT2D eigenvalue weighted by molar-refractivity contribution is 9.10. The van der Waals surface area contributed by atoms with Gasteiger partial charge >= 0.3 is 11.9 Å². The molecule has 1 aliphatic heterocycles. The fourth-order valence-corrected chi connectivity index (χ4v) is 3.37. The van der Waals surface area contributed by atoms with Crippen LogP contribution in [0.2, 0.25) is 0 Å². The Morgan fingerprint density at radius 1 is 1.27 bits per heavy atom. The number of halogens is 1. The van der Waals surface area contributed by atoms with E-state index in [9.17, 15) is 14.7 Å². The van der Waals surface area contributed by atoms with Crippen molar-refractivity contribution in [1.29, 1.82) is 0 Å². The van der Waals surface area contributed by atoms with Gasteiger partial charge < -0.3 is 19.3 Å². The maximum absolute atomic E-state index is 11.6. The summed E-state index contributed by atoms with van der Waals surface area (Å²) in [5.74, 6) is -1.15. The van der Waals surface area contributed by atoms with Crippen molar-refractivity contribution in [2.45, 2.75) is 45.3 Å². The van der Waals surface area contributed by atoms with E-state index in [-0.39, 0.29) is 0 Å². The summed E-state index contributed by atoms with van der Waals surface area (Å²) in [6.07, 6.45) is -2.20. The van der Waals surface area contributed by atoms with E-state index >= 15 is 0 Å². The van der Waals surface area contributed by atoms with E-state index in [2.05, 4.69) is 30.9 Å². The number of aromatic nitrogens is 4. The number of hydrogen-bond acceptors (Lipinski definition) is 9. The summed E-state index contributed by atoms with van der Waals surface area (Å²) in [6.45, 7) is 3.83. The lowest BCUT2D eigenvalue weighted by molar-refractivity contribution is -0.165. The summed E-state index contributed by atoms with van der Waals surface area (Å²) < 4.78 is 18.3. The first kappa shape index (κ1) is 18.7. The molecule has 2 aromatic heterocycles. The lowest BCUT2D eigenvalue weighted by atomic mass is 10.1. The van der Waals surface area contributed by atoms with Crippen LogP contribution in [0.1, 0.15) is 25.8 Å². The van der Waals surface area contributed by atoms with E-state index in [0.717, 1.165) is 0 Å². The van der Waals surface area contributed by atoms with Gasteiger partial charge in [0.2, 0.25) is 0 Å². The number of imidazole rings is 1. The Labute approximate surface area is 156 Å². The van der Waals surface area contributed by atoms with Gasteiger partial charge in [-0.05, 0) is 22.9 Å². The van der Waals surface area contributed by atoms with Crippen LogP contribution in [0.15, 0.2) is 11.1 Å². The number of aliphatic hydroxyl groups is 1. The minimum Gasteiger partial charge on any atom is -0.456 e. The van der Waals surface area contributed by atoms with Crippen LogP contribution in [0.4, 0.5) is 0 Å². The first-order valence-corrected chi connectivity index (χ1v) is 8.58. The zero-order valence-electron chi connectivity index (χ0n) is 14.2. The van der Waals surface area contributed by atoms with Crippen molar-refractivity contribution in [1.82, 2.24) is 19.5 Å². The topological polar surface area (TPSA) is 126 Å². The first-order valence-electron chi connectivity index (χ1n) is 7.79. The normalized spacial score (nSPS) is 25.4. The molecule has 3 heterocycles. The second kappa shape index (κ2) is 7.25. The zero-order chi connectivity index (χ0) is 19.0. The maximum atomic E-state index is 11.6. The fraction of sp³-hybridized carbons (Fsp3) is 0.533. The lowest BCUT2D eigenvalue weighted by Gasteiger charge is -2.23. The predicted molar refractivity (Wildman–Crippen MR) is 89.9 cm³/mol. The minimum atomic E-state index is -0.972. The molecule has 0 radical (unpaired) electrons. The molecule has 10 nitrogen and oxygen atoms in total. The zero-order valence-corrected chi connectivity index (χ0v) is 15.8. The number of fused-ring (bicyclic) bond motifs is 1. The number of aryl methyl sites for hydroxylation is 1. The number of aliphatic hydroxyl groups excluding tert-OH is 1. The highest BCUT2D eigenvalue weighted by atomic mass is 79.9. The number of hydrogen-bond donors (Lipinski definition) is 1. The van der Waals surface area contributed by atoms with Crippen molar-refractivity contribution in [3.63, 3.8) is 0 Å². The highest BCUT2D eigenvalue weighted by Gasteiger charge is 2.50. The van der Waals surface area contributed by atoms with Crippen LogP contribution in [-0.2, 0) is 23.8 Å². The molecule has 0 spiro atoms. The monoisotopic (exact) mass is 428 g/mol. The Morgan fingerprint density at radius 2 is 1.92 bits per heavy atom. The quantitative estimate of drug-likeness (QED) is 0.551. The summed E-state index contributed by atoms with van der Waals surface area (Å²) in [5.41, 5.74) is 1.65. The predicted octanol–water partition coefficient (Wildman–Crippen LogP) is 0.650. The molecule has 1 N–H and O–H groups in total. The van der Waals surface area contributed by atoms with Gasteiger partial charge in [-0.25, -0.2) is 15.0 Å². The number of nitrogens with zero attached hydrogens (tertiary/aromatic N) is 4. The second-order valence-electron chi connectivity index (χ2n) is 5.80. The molecule has 1 fully saturated rings. The van der Waals surface area contributed by atoms with Gasteiger partial charge in [0, 0.05) is 13.8 Å². The van der Waals surface area contributed by atoms with E-state index in [1.807, 2.05) is 0 Å². The number of carbonyl (C=O) groups is 2. The number of esters is 2. The van der Waals surface area contributed by atoms with Crippen LogP contribution < -0.4 is 0 Å². The van der Waals surface area contributed by atoms with E-state index < -0.39 is 43.1 Å². The molecule has 3 rings (SSSR count). The van der Waals surface area contributed by atoms with Crippen molar-refractivity contribution in [2.24, 2.45) is 0 Å². The van der Waals surface area contributed by atoms with Gasteiger partial charge in [0.05, 0.1) is 18.6 Å². The Hall–Kier alpha value is -2.11. The highest BCUT2D eigenvalue weighted by Crippen LogP contribution is 2.35. The molecule has 3 unspecified atom stereocenters. The van der Waals surface area contributed by atoms with Crippen LogP contribution >= 0.6 is 15.9 Å². The number of ether oxygens (including phenoxy) is 3. The molecule has 0 aromatic carbocycles. The van der Waals surface area contributed by atoms with Crippen molar-refractivity contribution in [3.05, 3.63) is 16.8 Å². The molecule has 4 atom stereocenters. The van der Waals surface area contributed by atoms with Gasteiger partial charge in [0.25, 0.3) is 0 Å². The van der Waals surface area contributed by atoms with Gasteiger partial charge in [-0.15, -0.1) is 0 Å². The third kappa shape index (κ3) is 3.41. The largest absolute Gasteiger partial charge is 0.456 e. The maximum Gasteiger partial charge on any atom is 0.303 e. The fourth-order valence-electron chi connectivity index (χ4n) is 2.94.